The van der Waals surface area contributed by atoms with Crippen LogP contribution in [0.1, 0.15) is 25.3 Å². The van der Waals surface area contributed by atoms with E-state index >= 15 is 0 Å². The molecule has 0 radical (unpaired) electrons. The predicted molar refractivity (Wildman–Crippen MR) is 73.6 cm³/mol. The third kappa shape index (κ3) is 2.67. The Morgan fingerprint density at radius 1 is 1.39 bits per heavy atom. The van der Waals surface area contributed by atoms with Gasteiger partial charge in [0, 0.05) is 23.5 Å². The van der Waals surface area contributed by atoms with E-state index < -0.39 is 10.0 Å². The first-order valence-electron chi connectivity index (χ1n) is 5.87. The van der Waals surface area contributed by atoms with Crippen LogP contribution in [0.2, 0.25) is 5.02 Å². The van der Waals surface area contributed by atoms with Crippen molar-refractivity contribution in [3.8, 4) is 0 Å². The molecule has 0 heterocycles. The molecule has 2 rings (SSSR count). The van der Waals surface area contributed by atoms with Crippen LogP contribution < -0.4 is 0 Å². The van der Waals surface area contributed by atoms with Crippen molar-refractivity contribution < 1.29 is 8.42 Å². The largest absolute Gasteiger partial charge is 0.243 e. The molecule has 3 nitrogen and oxygen atoms in total. The molecule has 100 valence electrons. The molecule has 1 fully saturated rings. The zero-order valence-corrected chi connectivity index (χ0v) is 12.4. The SMILES string of the molecule is CCN(C1CC1)S(=O)(=O)c1ccc(CCl)c(Cl)c1. The maximum Gasteiger partial charge on any atom is 0.243 e. The van der Waals surface area contributed by atoms with Gasteiger partial charge in [0.25, 0.3) is 0 Å². The lowest BCUT2D eigenvalue weighted by atomic mass is 10.2. The Labute approximate surface area is 118 Å². The minimum atomic E-state index is -3.43. The van der Waals surface area contributed by atoms with Gasteiger partial charge in [0.1, 0.15) is 0 Å². The van der Waals surface area contributed by atoms with E-state index in [1.54, 1.807) is 16.4 Å². The maximum atomic E-state index is 12.4. The van der Waals surface area contributed by atoms with Gasteiger partial charge in [-0.05, 0) is 30.5 Å². The van der Waals surface area contributed by atoms with E-state index in [4.69, 9.17) is 23.2 Å². The van der Waals surface area contributed by atoms with Crippen LogP contribution in [0.15, 0.2) is 23.1 Å². The van der Waals surface area contributed by atoms with Gasteiger partial charge in [0.2, 0.25) is 10.0 Å². The summed E-state index contributed by atoms with van der Waals surface area (Å²) in [5, 5.41) is 0.401. The molecular formula is C12H15Cl2NO2S. The van der Waals surface area contributed by atoms with Gasteiger partial charge in [-0.25, -0.2) is 8.42 Å². The van der Waals surface area contributed by atoms with Crippen LogP contribution in [0.3, 0.4) is 0 Å². The van der Waals surface area contributed by atoms with Gasteiger partial charge >= 0.3 is 0 Å². The van der Waals surface area contributed by atoms with Gasteiger partial charge in [-0.15, -0.1) is 11.6 Å². The topological polar surface area (TPSA) is 37.4 Å². The molecule has 1 aromatic rings. The molecule has 0 saturated heterocycles. The van der Waals surface area contributed by atoms with Crippen LogP contribution >= 0.6 is 23.2 Å². The fourth-order valence-electron chi connectivity index (χ4n) is 1.92. The Morgan fingerprint density at radius 2 is 2.06 bits per heavy atom. The fourth-order valence-corrected chi connectivity index (χ4v) is 4.25. The van der Waals surface area contributed by atoms with E-state index in [-0.39, 0.29) is 16.8 Å². The smallest absolute Gasteiger partial charge is 0.207 e. The van der Waals surface area contributed by atoms with Gasteiger partial charge in [-0.2, -0.15) is 4.31 Å². The Morgan fingerprint density at radius 3 is 2.50 bits per heavy atom. The van der Waals surface area contributed by atoms with E-state index in [2.05, 4.69) is 0 Å². The van der Waals surface area contributed by atoms with Crippen molar-refractivity contribution in [2.45, 2.75) is 36.6 Å². The zero-order valence-electron chi connectivity index (χ0n) is 10.1. The monoisotopic (exact) mass is 307 g/mol. The molecule has 0 amide bonds. The first kappa shape index (κ1) is 14.1. The predicted octanol–water partition coefficient (Wildman–Crippen LogP) is 3.25. The van der Waals surface area contributed by atoms with Crippen LogP contribution in [0.5, 0.6) is 0 Å². The zero-order chi connectivity index (χ0) is 13.3. The van der Waals surface area contributed by atoms with Gasteiger partial charge in [0.15, 0.2) is 0 Å². The van der Waals surface area contributed by atoms with Gasteiger partial charge < -0.3 is 0 Å². The number of sulfonamides is 1. The number of hydrogen-bond acceptors (Lipinski definition) is 2. The third-order valence-electron chi connectivity index (χ3n) is 3.04. The summed E-state index contributed by atoms with van der Waals surface area (Å²) in [6.45, 7) is 2.34. The molecule has 0 spiro atoms. The lowest BCUT2D eigenvalue weighted by molar-refractivity contribution is 0.421. The van der Waals surface area contributed by atoms with E-state index in [0.717, 1.165) is 18.4 Å². The van der Waals surface area contributed by atoms with Crippen molar-refractivity contribution in [1.29, 1.82) is 0 Å². The maximum absolute atomic E-state index is 12.4. The second kappa shape index (κ2) is 5.37. The number of hydrogen-bond donors (Lipinski definition) is 0. The van der Waals surface area contributed by atoms with E-state index in [9.17, 15) is 8.42 Å². The van der Waals surface area contributed by atoms with Crippen LogP contribution in [0.25, 0.3) is 0 Å². The lowest BCUT2D eigenvalue weighted by Gasteiger charge is -2.20. The highest BCUT2D eigenvalue weighted by Gasteiger charge is 2.36. The average molecular weight is 308 g/mol. The highest BCUT2D eigenvalue weighted by molar-refractivity contribution is 7.89. The Hall–Kier alpha value is -0.290. The van der Waals surface area contributed by atoms with Crippen molar-refractivity contribution in [2.24, 2.45) is 0 Å². The molecule has 18 heavy (non-hydrogen) atoms. The first-order valence-corrected chi connectivity index (χ1v) is 8.22. The molecule has 1 aliphatic rings. The molecule has 0 unspecified atom stereocenters. The molecule has 0 atom stereocenters. The summed E-state index contributed by atoms with van der Waals surface area (Å²) in [5.74, 6) is 0.277. The Bertz CT molecular complexity index is 541. The second-order valence-corrected chi connectivity index (χ2v) is 6.89. The lowest BCUT2D eigenvalue weighted by Crippen LogP contribution is -2.32. The summed E-state index contributed by atoms with van der Waals surface area (Å²) in [4.78, 5) is 0.245. The molecular weight excluding hydrogens is 293 g/mol. The minimum absolute atomic E-state index is 0.159. The first-order chi connectivity index (χ1) is 8.50. The fraction of sp³-hybridized carbons (Fsp3) is 0.500. The van der Waals surface area contributed by atoms with Crippen LogP contribution in [0.4, 0.5) is 0 Å². The summed E-state index contributed by atoms with van der Waals surface area (Å²) in [5.41, 5.74) is 0.742. The van der Waals surface area contributed by atoms with Crippen molar-refractivity contribution in [3.05, 3.63) is 28.8 Å². The number of nitrogens with zero attached hydrogens (tertiary/aromatic N) is 1. The molecule has 1 aromatic carbocycles. The van der Waals surface area contributed by atoms with Gasteiger partial charge in [-0.1, -0.05) is 24.6 Å². The number of halogens is 2. The van der Waals surface area contributed by atoms with Crippen LogP contribution in [-0.2, 0) is 15.9 Å². The number of benzene rings is 1. The van der Waals surface area contributed by atoms with Crippen molar-refractivity contribution in [3.63, 3.8) is 0 Å². The molecule has 1 saturated carbocycles. The summed E-state index contributed by atoms with van der Waals surface area (Å²) >= 11 is 11.7. The highest BCUT2D eigenvalue weighted by atomic mass is 35.5. The summed E-state index contributed by atoms with van der Waals surface area (Å²) in [7, 11) is -3.43. The van der Waals surface area contributed by atoms with Crippen molar-refractivity contribution in [2.75, 3.05) is 6.54 Å². The number of alkyl halides is 1. The van der Waals surface area contributed by atoms with E-state index in [1.165, 1.54) is 6.07 Å². The summed E-state index contributed by atoms with van der Waals surface area (Å²) in [6, 6.07) is 4.89. The summed E-state index contributed by atoms with van der Waals surface area (Å²) < 4.78 is 26.4. The van der Waals surface area contributed by atoms with Gasteiger partial charge in [0.05, 0.1) is 4.90 Å². The summed E-state index contributed by atoms with van der Waals surface area (Å²) in [6.07, 6.45) is 1.89. The van der Waals surface area contributed by atoms with Crippen molar-refractivity contribution >= 4 is 33.2 Å². The minimum Gasteiger partial charge on any atom is -0.207 e. The van der Waals surface area contributed by atoms with E-state index in [0.29, 0.717) is 11.6 Å². The molecule has 0 aliphatic heterocycles. The highest BCUT2D eigenvalue weighted by Crippen LogP contribution is 2.32. The van der Waals surface area contributed by atoms with Gasteiger partial charge in [-0.3, -0.25) is 0 Å². The Balaban J connectivity index is 2.37. The quantitative estimate of drug-likeness (QED) is 0.783. The molecule has 6 heteroatoms. The average Bonchev–Trinajstić information content (AvgIpc) is 3.14. The molecule has 0 aromatic heterocycles. The van der Waals surface area contributed by atoms with Crippen LogP contribution in [0, 0.1) is 0 Å². The molecule has 0 bridgehead atoms. The normalized spacial score (nSPS) is 16.2. The Kier molecular flexibility index (Phi) is 4.22. The number of rotatable bonds is 5. The molecule has 1 aliphatic carbocycles. The standard InChI is InChI=1S/C12H15Cl2NO2S/c1-2-15(10-4-5-10)18(16,17)11-6-3-9(8-13)12(14)7-11/h3,6-7,10H,2,4-5,8H2,1H3. The van der Waals surface area contributed by atoms with Crippen LogP contribution in [-0.4, -0.2) is 25.3 Å². The molecule has 0 N–H and O–H groups in total. The van der Waals surface area contributed by atoms with Crippen molar-refractivity contribution in [1.82, 2.24) is 4.31 Å². The third-order valence-corrected chi connectivity index (χ3v) is 5.70. The van der Waals surface area contributed by atoms with E-state index in [1.807, 2.05) is 6.92 Å². The second-order valence-electron chi connectivity index (χ2n) is 4.33.